The minimum absolute atomic E-state index is 0.0442. The van der Waals surface area contributed by atoms with E-state index in [-0.39, 0.29) is 16.7 Å². The highest BCUT2D eigenvalue weighted by Crippen LogP contribution is 2.23. The van der Waals surface area contributed by atoms with E-state index in [0.29, 0.717) is 61.9 Å². The van der Waals surface area contributed by atoms with Crippen LogP contribution in [-0.2, 0) is 14.8 Å². The number of piperazine rings is 1. The number of alkyl halides is 1. The number of fused-ring (bicyclic) bond motifs is 1. The summed E-state index contributed by atoms with van der Waals surface area (Å²) in [5, 5.41) is 3.56. The number of pyridine rings is 1. The van der Waals surface area contributed by atoms with Crippen LogP contribution in [0.15, 0.2) is 65.7 Å². The lowest BCUT2D eigenvalue weighted by Crippen LogP contribution is -2.51. The van der Waals surface area contributed by atoms with Crippen molar-refractivity contribution in [3.63, 3.8) is 0 Å². The molecule has 4 rings (SSSR count). The van der Waals surface area contributed by atoms with Crippen molar-refractivity contribution in [2.75, 3.05) is 49.9 Å². The summed E-state index contributed by atoms with van der Waals surface area (Å²) in [4.78, 5) is 33.0. The molecule has 2 amide bonds. The van der Waals surface area contributed by atoms with Gasteiger partial charge in [0.2, 0.25) is 5.91 Å². The van der Waals surface area contributed by atoms with Gasteiger partial charge in [-0.2, -0.15) is 0 Å². The van der Waals surface area contributed by atoms with E-state index in [4.69, 9.17) is 11.6 Å². The fourth-order valence-corrected chi connectivity index (χ4v) is 5.40. The molecule has 1 aliphatic rings. The molecule has 2 aromatic carbocycles. The summed E-state index contributed by atoms with van der Waals surface area (Å²) in [6.45, 7) is 3.08. The molecule has 1 aliphatic heterocycles. The van der Waals surface area contributed by atoms with Gasteiger partial charge in [0.25, 0.3) is 15.9 Å². The predicted molar refractivity (Wildman–Crippen MR) is 140 cm³/mol. The summed E-state index contributed by atoms with van der Waals surface area (Å²) in [5.74, 6) is 0.335. The first kappa shape index (κ1) is 25.9. The molecule has 2 heterocycles. The first-order valence-corrected chi connectivity index (χ1v) is 13.7. The van der Waals surface area contributed by atoms with E-state index in [1.165, 1.54) is 6.07 Å². The molecule has 0 unspecified atom stereocenters. The minimum atomic E-state index is -3.87. The molecule has 2 N–H and O–H groups in total. The number of hydrogen-bond donors (Lipinski definition) is 2. The molecule has 1 saturated heterocycles. The van der Waals surface area contributed by atoms with E-state index in [1.807, 2.05) is 4.90 Å². The maximum absolute atomic E-state index is 13.0. The monoisotopic (exact) mass is 529 g/mol. The molecule has 190 valence electrons. The highest BCUT2D eigenvalue weighted by Gasteiger charge is 2.24. The van der Waals surface area contributed by atoms with Crippen LogP contribution in [0.4, 0.5) is 5.69 Å². The maximum Gasteiger partial charge on any atom is 0.264 e. The van der Waals surface area contributed by atoms with E-state index < -0.39 is 10.0 Å². The lowest BCUT2D eigenvalue weighted by Gasteiger charge is -2.34. The number of nitrogens with one attached hydrogen (secondary N) is 2. The van der Waals surface area contributed by atoms with Crippen molar-refractivity contribution < 1.29 is 18.0 Å². The second kappa shape index (κ2) is 11.7. The van der Waals surface area contributed by atoms with Gasteiger partial charge in [-0.3, -0.25) is 24.2 Å². The standard InChI is InChI=1S/C25H28ClN5O4S/c26-11-3-13-27-23(32)18-30-14-16-31(17-15-30)25(33)20-7-9-21(10-8-20)29-36(34,35)22-6-1-4-19-5-2-12-28-24(19)22/h1-2,4-10,12,29H,3,11,13-18H2,(H,27,32). The van der Waals surface area contributed by atoms with Crippen molar-refractivity contribution in [1.29, 1.82) is 0 Å². The topological polar surface area (TPSA) is 112 Å². The van der Waals surface area contributed by atoms with Crippen LogP contribution in [0.3, 0.4) is 0 Å². The zero-order chi connectivity index (χ0) is 25.5. The summed E-state index contributed by atoms with van der Waals surface area (Å²) in [6.07, 6.45) is 2.29. The molecule has 0 bridgehead atoms. The molecule has 9 nitrogen and oxygen atoms in total. The van der Waals surface area contributed by atoms with Crippen LogP contribution < -0.4 is 10.0 Å². The van der Waals surface area contributed by atoms with Crippen LogP contribution in [0.5, 0.6) is 0 Å². The van der Waals surface area contributed by atoms with Gasteiger partial charge < -0.3 is 10.2 Å². The van der Waals surface area contributed by atoms with Crippen molar-refractivity contribution in [1.82, 2.24) is 20.1 Å². The summed E-state index contributed by atoms with van der Waals surface area (Å²) in [6, 6.07) is 14.9. The highest BCUT2D eigenvalue weighted by molar-refractivity contribution is 7.93. The molecule has 0 saturated carbocycles. The van der Waals surface area contributed by atoms with E-state index >= 15 is 0 Å². The third kappa shape index (κ3) is 6.31. The normalized spacial score (nSPS) is 14.5. The van der Waals surface area contributed by atoms with E-state index in [0.717, 1.165) is 11.8 Å². The fourth-order valence-electron chi connectivity index (χ4n) is 4.03. The first-order valence-electron chi connectivity index (χ1n) is 11.7. The Balaban J connectivity index is 1.34. The molecule has 0 aliphatic carbocycles. The quantitative estimate of drug-likeness (QED) is 0.325. The van der Waals surface area contributed by atoms with Crippen LogP contribution in [0.2, 0.25) is 0 Å². The molecule has 1 aromatic heterocycles. The Kier molecular flexibility index (Phi) is 8.40. The highest BCUT2D eigenvalue weighted by atomic mass is 35.5. The van der Waals surface area contributed by atoms with Crippen molar-refractivity contribution in [2.24, 2.45) is 0 Å². The number of anilines is 1. The predicted octanol–water partition coefficient (Wildman–Crippen LogP) is 2.54. The van der Waals surface area contributed by atoms with E-state index in [1.54, 1.807) is 59.6 Å². The molecule has 36 heavy (non-hydrogen) atoms. The van der Waals surface area contributed by atoms with Crippen LogP contribution in [0.25, 0.3) is 10.9 Å². The SMILES string of the molecule is O=C(CN1CCN(C(=O)c2ccc(NS(=O)(=O)c3cccc4cccnc34)cc2)CC1)NCCCCl. The second-order valence-electron chi connectivity index (χ2n) is 8.47. The first-order chi connectivity index (χ1) is 17.4. The molecule has 0 atom stereocenters. The number of nitrogens with zero attached hydrogens (tertiary/aromatic N) is 3. The maximum atomic E-state index is 13.0. The Morgan fingerprint density at radius 1 is 0.972 bits per heavy atom. The number of amides is 2. The Morgan fingerprint density at radius 3 is 2.42 bits per heavy atom. The van der Waals surface area contributed by atoms with Gasteiger partial charge in [-0.15, -0.1) is 11.6 Å². The van der Waals surface area contributed by atoms with Crippen LogP contribution in [0.1, 0.15) is 16.8 Å². The molecule has 11 heteroatoms. The van der Waals surface area contributed by atoms with Crippen molar-refractivity contribution in [2.45, 2.75) is 11.3 Å². The number of halogens is 1. The number of carbonyl (C=O) groups excluding carboxylic acids is 2. The molecule has 1 fully saturated rings. The van der Waals surface area contributed by atoms with Crippen LogP contribution >= 0.6 is 11.6 Å². The zero-order valence-corrected chi connectivity index (χ0v) is 21.3. The lowest BCUT2D eigenvalue weighted by atomic mass is 10.1. The van der Waals surface area contributed by atoms with Gasteiger partial charge in [0.1, 0.15) is 4.90 Å². The van der Waals surface area contributed by atoms with Gasteiger partial charge in [0.15, 0.2) is 0 Å². The van der Waals surface area contributed by atoms with Crippen molar-refractivity contribution >= 4 is 50.0 Å². The van der Waals surface area contributed by atoms with E-state index in [2.05, 4.69) is 15.0 Å². The fraction of sp³-hybridized carbons (Fsp3) is 0.320. The Labute approximate surface area is 215 Å². The molecule has 3 aromatic rings. The third-order valence-electron chi connectivity index (χ3n) is 5.93. The smallest absolute Gasteiger partial charge is 0.264 e. The lowest BCUT2D eigenvalue weighted by molar-refractivity contribution is -0.122. The van der Waals surface area contributed by atoms with Gasteiger partial charge in [0, 0.05) is 61.4 Å². The molecule has 0 spiro atoms. The van der Waals surface area contributed by atoms with Crippen LogP contribution in [-0.4, -0.2) is 80.2 Å². The number of sulfonamides is 1. The summed E-state index contributed by atoms with van der Waals surface area (Å²) < 4.78 is 28.6. The molecule has 0 radical (unpaired) electrons. The van der Waals surface area contributed by atoms with Crippen molar-refractivity contribution in [3.05, 3.63) is 66.4 Å². The third-order valence-corrected chi connectivity index (χ3v) is 7.61. The molecular weight excluding hydrogens is 502 g/mol. The van der Waals surface area contributed by atoms with Gasteiger partial charge in [0.05, 0.1) is 12.1 Å². The zero-order valence-electron chi connectivity index (χ0n) is 19.7. The average molecular weight is 530 g/mol. The van der Waals surface area contributed by atoms with Gasteiger partial charge in [-0.25, -0.2) is 8.42 Å². The Morgan fingerprint density at radius 2 is 1.69 bits per heavy atom. The van der Waals surface area contributed by atoms with Gasteiger partial charge >= 0.3 is 0 Å². The molecular formula is C25H28ClN5O4S. The Bertz CT molecular complexity index is 1320. The van der Waals surface area contributed by atoms with E-state index in [9.17, 15) is 18.0 Å². The van der Waals surface area contributed by atoms with Gasteiger partial charge in [-0.05, 0) is 42.8 Å². The second-order valence-corrected chi connectivity index (χ2v) is 10.5. The number of hydrogen-bond acceptors (Lipinski definition) is 6. The number of aromatic nitrogens is 1. The summed E-state index contributed by atoms with van der Waals surface area (Å²) >= 11 is 5.62. The van der Waals surface area contributed by atoms with Crippen molar-refractivity contribution in [3.8, 4) is 0 Å². The number of rotatable bonds is 9. The Hall–Kier alpha value is -3.21. The van der Waals surface area contributed by atoms with Gasteiger partial charge in [-0.1, -0.05) is 18.2 Å². The number of carbonyl (C=O) groups is 2. The minimum Gasteiger partial charge on any atom is -0.355 e. The summed E-state index contributed by atoms with van der Waals surface area (Å²) in [7, 11) is -3.87. The summed E-state index contributed by atoms with van der Waals surface area (Å²) in [5.41, 5.74) is 1.22. The largest absolute Gasteiger partial charge is 0.355 e. The average Bonchev–Trinajstić information content (AvgIpc) is 2.89. The van der Waals surface area contributed by atoms with Crippen LogP contribution in [0, 0.1) is 0 Å². The number of para-hydroxylation sites is 1. The number of benzene rings is 2.